The molecule has 0 aromatic rings. The lowest BCUT2D eigenvalue weighted by atomic mass is 9.92. The van der Waals surface area contributed by atoms with E-state index in [1.165, 1.54) is 64.6 Å². The standard InChI is InChI=1S/C15H30N2/c1-3-13-4-5-15(12-13)17-10-7-14(8-11-17)6-9-16-2/h13-16H,3-12H2,1-2H3. The molecule has 1 saturated heterocycles. The fourth-order valence-corrected chi connectivity index (χ4v) is 3.71. The number of hydrogen-bond acceptors (Lipinski definition) is 2. The van der Waals surface area contributed by atoms with Crippen molar-refractivity contribution in [1.82, 2.24) is 10.2 Å². The van der Waals surface area contributed by atoms with Crippen LogP contribution in [0.1, 0.15) is 51.9 Å². The molecule has 1 heterocycles. The molecule has 0 aromatic heterocycles. The zero-order valence-corrected chi connectivity index (χ0v) is 11.8. The van der Waals surface area contributed by atoms with E-state index in [4.69, 9.17) is 0 Å². The van der Waals surface area contributed by atoms with Crippen LogP contribution in [0.5, 0.6) is 0 Å². The molecule has 2 heteroatoms. The molecule has 1 saturated carbocycles. The predicted octanol–water partition coefficient (Wildman–Crippen LogP) is 2.89. The van der Waals surface area contributed by atoms with Crippen LogP contribution in [-0.2, 0) is 0 Å². The number of piperidine rings is 1. The van der Waals surface area contributed by atoms with Gasteiger partial charge in [-0.25, -0.2) is 0 Å². The normalized spacial score (nSPS) is 32.1. The number of nitrogens with one attached hydrogen (secondary N) is 1. The van der Waals surface area contributed by atoms with Crippen molar-refractivity contribution in [3.63, 3.8) is 0 Å². The summed E-state index contributed by atoms with van der Waals surface area (Å²) in [6, 6.07) is 0.935. The first-order valence-electron chi connectivity index (χ1n) is 7.72. The molecule has 2 aliphatic rings. The van der Waals surface area contributed by atoms with Gasteiger partial charge in [0, 0.05) is 6.04 Å². The van der Waals surface area contributed by atoms with Crippen molar-refractivity contribution in [3.8, 4) is 0 Å². The van der Waals surface area contributed by atoms with E-state index < -0.39 is 0 Å². The van der Waals surface area contributed by atoms with Gasteiger partial charge in [0.2, 0.25) is 0 Å². The second kappa shape index (κ2) is 6.75. The molecule has 0 aromatic carbocycles. The molecule has 17 heavy (non-hydrogen) atoms. The van der Waals surface area contributed by atoms with Gasteiger partial charge in [0.15, 0.2) is 0 Å². The minimum Gasteiger partial charge on any atom is -0.320 e. The molecule has 2 nitrogen and oxygen atoms in total. The summed E-state index contributed by atoms with van der Waals surface area (Å²) in [6.07, 6.45) is 10.1. The third-order valence-electron chi connectivity index (χ3n) is 5.06. The van der Waals surface area contributed by atoms with E-state index in [2.05, 4.69) is 24.2 Å². The maximum absolute atomic E-state index is 3.28. The first-order valence-corrected chi connectivity index (χ1v) is 7.72. The van der Waals surface area contributed by atoms with Crippen LogP contribution >= 0.6 is 0 Å². The Morgan fingerprint density at radius 1 is 1.06 bits per heavy atom. The fourth-order valence-electron chi connectivity index (χ4n) is 3.71. The largest absolute Gasteiger partial charge is 0.320 e. The lowest BCUT2D eigenvalue weighted by Crippen LogP contribution is -2.40. The maximum atomic E-state index is 3.28. The van der Waals surface area contributed by atoms with Gasteiger partial charge in [0.25, 0.3) is 0 Å². The molecule has 2 atom stereocenters. The van der Waals surface area contributed by atoms with Gasteiger partial charge < -0.3 is 10.2 Å². The van der Waals surface area contributed by atoms with Crippen molar-refractivity contribution in [2.75, 3.05) is 26.7 Å². The molecule has 0 amide bonds. The van der Waals surface area contributed by atoms with Crippen LogP contribution in [0.25, 0.3) is 0 Å². The average molecular weight is 238 g/mol. The number of hydrogen-bond donors (Lipinski definition) is 1. The van der Waals surface area contributed by atoms with E-state index in [0.29, 0.717) is 0 Å². The van der Waals surface area contributed by atoms with Crippen LogP contribution in [0, 0.1) is 11.8 Å². The van der Waals surface area contributed by atoms with Crippen molar-refractivity contribution in [1.29, 1.82) is 0 Å². The molecular weight excluding hydrogens is 208 g/mol. The molecule has 2 rings (SSSR count). The Hall–Kier alpha value is -0.0800. The molecule has 100 valence electrons. The van der Waals surface area contributed by atoms with Gasteiger partial charge in [0.05, 0.1) is 0 Å². The van der Waals surface area contributed by atoms with Crippen LogP contribution in [0.4, 0.5) is 0 Å². The van der Waals surface area contributed by atoms with Crippen molar-refractivity contribution in [2.24, 2.45) is 11.8 Å². The molecule has 0 bridgehead atoms. The average Bonchev–Trinajstić information content (AvgIpc) is 2.86. The quantitative estimate of drug-likeness (QED) is 0.792. The molecule has 2 fully saturated rings. The third kappa shape index (κ3) is 3.69. The summed E-state index contributed by atoms with van der Waals surface area (Å²) in [5.41, 5.74) is 0. The smallest absolute Gasteiger partial charge is 0.00979 e. The second-order valence-corrected chi connectivity index (χ2v) is 6.11. The topological polar surface area (TPSA) is 15.3 Å². The molecular formula is C15H30N2. The highest BCUT2D eigenvalue weighted by Crippen LogP contribution is 2.33. The van der Waals surface area contributed by atoms with Crippen LogP contribution < -0.4 is 5.32 Å². The van der Waals surface area contributed by atoms with Crippen LogP contribution in [0.15, 0.2) is 0 Å². The SMILES string of the molecule is CCC1CCC(N2CCC(CCNC)CC2)C1. The maximum Gasteiger partial charge on any atom is 0.00979 e. The highest BCUT2D eigenvalue weighted by molar-refractivity contribution is 4.85. The monoisotopic (exact) mass is 238 g/mol. The Labute approximate surface area is 107 Å². The van der Waals surface area contributed by atoms with Gasteiger partial charge in [-0.1, -0.05) is 13.3 Å². The van der Waals surface area contributed by atoms with Gasteiger partial charge in [0.1, 0.15) is 0 Å². The minimum atomic E-state index is 0.935. The van der Waals surface area contributed by atoms with Crippen molar-refractivity contribution < 1.29 is 0 Å². The van der Waals surface area contributed by atoms with E-state index in [0.717, 1.165) is 17.9 Å². The van der Waals surface area contributed by atoms with Gasteiger partial charge >= 0.3 is 0 Å². The third-order valence-corrected chi connectivity index (χ3v) is 5.06. The first kappa shape index (κ1) is 13.4. The Bertz CT molecular complexity index is 209. The first-order chi connectivity index (χ1) is 8.33. The van der Waals surface area contributed by atoms with E-state index in [-0.39, 0.29) is 0 Å². The van der Waals surface area contributed by atoms with Crippen molar-refractivity contribution in [3.05, 3.63) is 0 Å². The molecule has 0 radical (unpaired) electrons. The highest BCUT2D eigenvalue weighted by atomic mass is 15.2. The fraction of sp³-hybridized carbons (Fsp3) is 1.00. The van der Waals surface area contributed by atoms with E-state index in [1.54, 1.807) is 0 Å². The predicted molar refractivity (Wildman–Crippen MR) is 74.3 cm³/mol. The van der Waals surface area contributed by atoms with Crippen molar-refractivity contribution >= 4 is 0 Å². The Kier molecular flexibility index (Phi) is 5.30. The minimum absolute atomic E-state index is 0.935. The Morgan fingerprint density at radius 3 is 2.41 bits per heavy atom. The Morgan fingerprint density at radius 2 is 1.82 bits per heavy atom. The van der Waals surface area contributed by atoms with Crippen molar-refractivity contribution in [2.45, 2.75) is 57.9 Å². The summed E-state index contributed by atoms with van der Waals surface area (Å²) in [4.78, 5) is 2.80. The highest BCUT2D eigenvalue weighted by Gasteiger charge is 2.30. The number of rotatable bonds is 5. The number of likely N-dealkylation sites (tertiary alicyclic amines) is 1. The summed E-state index contributed by atoms with van der Waals surface area (Å²) in [6.45, 7) is 6.30. The molecule has 1 aliphatic heterocycles. The summed E-state index contributed by atoms with van der Waals surface area (Å²) >= 11 is 0. The summed E-state index contributed by atoms with van der Waals surface area (Å²) in [5.74, 6) is 2.02. The van der Waals surface area contributed by atoms with Crippen LogP contribution in [0.3, 0.4) is 0 Å². The lowest BCUT2D eigenvalue weighted by Gasteiger charge is -2.36. The van der Waals surface area contributed by atoms with Gasteiger partial charge in [-0.15, -0.1) is 0 Å². The number of nitrogens with zero attached hydrogens (tertiary/aromatic N) is 1. The zero-order valence-electron chi connectivity index (χ0n) is 11.8. The van der Waals surface area contributed by atoms with Crippen LogP contribution in [-0.4, -0.2) is 37.6 Å². The summed E-state index contributed by atoms with van der Waals surface area (Å²) < 4.78 is 0. The van der Waals surface area contributed by atoms with Gasteiger partial charge in [-0.3, -0.25) is 0 Å². The van der Waals surface area contributed by atoms with E-state index >= 15 is 0 Å². The molecule has 0 spiro atoms. The molecule has 2 unspecified atom stereocenters. The molecule has 1 N–H and O–H groups in total. The van der Waals surface area contributed by atoms with E-state index in [1.807, 2.05) is 0 Å². The Balaban J connectivity index is 1.68. The lowest BCUT2D eigenvalue weighted by molar-refractivity contribution is 0.128. The molecule has 1 aliphatic carbocycles. The summed E-state index contributed by atoms with van der Waals surface area (Å²) in [7, 11) is 2.07. The van der Waals surface area contributed by atoms with Crippen LogP contribution in [0.2, 0.25) is 0 Å². The van der Waals surface area contributed by atoms with E-state index in [9.17, 15) is 0 Å². The van der Waals surface area contributed by atoms with Gasteiger partial charge in [-0.05, 0) is 77.0 Å². The summed E-state index contributed by atoms with van der Waals surface area (Å²) in [5, 5.41) is 3.28. The van der Waals surface area contributed by atoms with Gasteiger partial charge in [-0.2, -0.15) is 0 Å². The second-order valence-electron chi connectivity index (χ2n) is 6.11. The zero-order chi connectivity index (χ0) is 12.1.